The van der Waals surface area contributed by atoms with Gasteiger partial charge in [0.15, 0.2) is 5.82 Å². The average molecular weight is 426 g/mol. The van der Waals surface area contributed by atoms with Gasteiger partial charge in [-0.15, -0.1) is 0 Å². The number of hydrogen-bond acceptors (Lipinski definition) is 7. The van der Waals surface area contributed by atoms with Gasteiger partial charge in [0.25, 0.3) is 0 Å². The number of nitrogens with zero attached hydrogens (tertiary/aromatic N) is 2. The molecule has 1 amide bonds. The van der Waals surface area contributed by atoms with E-state index in [1.807, 2.05) is 12.1 Å². The Balaban J connectivity index is 1.62. The van der Waals surface area contributed by atoms with Crippen molar-refractivity contribution < 1.29 is 28.2 Å². The van der Waals surface area contributed by atoms with Crippen molar-refractivity contribution in [1.82, 2.24) is 15.0 Å². The van der Waals surface area contributed by atoms with Gasteiger partial charge in [-0.25, -0.2) is 14.2 Å². The van der Waals surface area contributed by atoms with Crippen LogP contribution in [0.15, 0.2) is 48.8 Å². The zero-order valence-corrected chi connectivity index (χ0v) is 16.5. The van der Waals surface area contributed by atoms with Gasteiger partial charge in [0.05, 0.1) is 24.6 Å². The molecule has 0 unspecified atom stereocenters. The predicted octanol–water partition coefficient (Wildman–Crippen LogP) is 2.95. The van der Waals surface area contributed by atoms with Gasteiger partial charge in [0, 0.05) is 23.5 Å². The minimum Gasteiger partial charge on any atom is -0.376 e. The summed E-state index contributed by atoms with van der Waals surface area (Å²) < 4.78 is 29.3. The summed E-state index contributed by atoms with van der Waals surface area (Å²) >= 11 is 0. The number of nitrogens with two attached hydrogens (primary N) is 1. The third-order valence-electron chi connectivity index (χ3n) is 4.82. The van der Waals surface area contributed by atoms with Gasteiger partial charge >= 0.3 is 12.1 Å². The van der Waals surface area contributed by atoms with Crippen molar-refractivity contribution in [2.45, 2.75) is 13.2 Å². The van der Waals surface area contributed by atoms with Crippen molar-refractivity contribution in [1.29, 1.82) is 0 Å². The number of primary amides is 1. The zero-order chi connectivity index (χ0) is 22.0. The highest BCUT2D eigenvalue weighted by Crippen LogP contribution is 2.36. The van der Waals surface area contributed by atoms with Crippen molar-refractivity contribution in [3.63, 3.8) is 0 Å². The van der Waals surface area contributed by atoms with Crippen LogP contribution in [-0.2, 0) is 19.0 Å². The number of halogens is 1. The smallest absolute Gasteiger partial charge is 0.376 e. The monoisotopic (exact) mass is 426 g/mol. The first-order valence-corrected chi connectivity index (χ1v) is 9.37. The van der Waals surface area contributed by atoms with Gasteiger partial charge in [-0.1, -0.05) is 0 Å². The SMILES string of the molecule is CC1(C(=O)OC(N)=O)COC(c2nc(-c3ccc(F)cc3)c(-c3ccncc3)[nH]2)OC1. The van der Waals surface area contributed by atoms with E-state index in [4.69, 9.17) is 15.2 Å². The van der Waals surface area contributed by atoms with Gasteiger partial charge < -0.3 is 24.9 Å². The molecule has 1 saturated heterocycles. The number of imidazole rings is 1. The molecule has 0 atom stereocenters. The van der Waals surface area contributed by atoms with E-state index in [0.717, 1.165) is 5.56 Å². The fourth-order valence-electron chi connectivity index (χ4n) is 3.15. The number of hydrogen-bond donors (Lipinski definition) is 2. The second-order valence-electron chi connectivity index (χ2n) is 7.31. The molecule has 4 rings (SSSR count). The molecule has 1 aromatic carbocycles. The lowest BCUT2D eigenvalue weighted by Crippen LogP contribution is -2.45. The summed E-state index contributed by atoms with van der Waals surface area (Å²) in [4.78, 5) is 34.8. The topological polar surface area (TPSA) is 129 Å². The number of carbonyl (C=O) groups excluding carboxylic acids is 2. The fourth-order valence-corrected chi connectivity index (χ4v) is 3.15. The van der Waals surface area contributed by atoms with Crippen LogP contribution in [0, 0.1) is 11.2 Å². The van der Waals surface area contributed by atoms with Crippen molar-refractivity contribution >= 4 is 12.1 Å². The summed E-state index contributed by atoms with van der Waals surface area (Å²) in [6.07, 6.45) is 1.22. The molecule has 10 heteroatoms. The molecule has 0 bridgehead atoms. The molecule has 3 heterocycles. The highest BCUT2D eigenvalue weighted by atomic mass is 19.1. The molecular formula is C21H19FN4O5. The van der Waals surface area contributed by atoms with Crippen LogP contribution in [0.3, 0.4) is 0 Å². The van der Waals surface area contributed by atoms with Gasteiger partial charge in [-0.3, -0.25) is 9.78 Å². The Morgan fingerprint density at radius 3 is 2.39 bits per heavy atom. The Labute approximate surface area is 176 Å². The number of pyridine rings is 1. The molecular weight excluding hydrogens is 407 g/mol. The van der Waals surface area contributed by atoms with E-state index in [2.05, 4.69) is 19.7 Å². The van der Waals surface area contributed by atoms with Crippen LogP contribution in [0.25, 0.3) is 22.5 Å². The quantitative estimate of drug-likeness (QED) is 0.485. The maximum absolute atomic E-state index is 13.4. The largest absolute Gasteiger partial charge is 0.412 e. The number of aromatic nitrogens is 3. The second-order valence-corrected chi connectivity index (χ2v) is 7.31. The number of H-pyrrole nitrogens is 1. The summed E-state index contributed by atoms with van der Waals surface area (Å²) in [5.41, 5.74) is 6.49. The molecule has 160 valence electrons. The normalized spacial score (nSPS) is 20.9. The first-order chi connectivity index (χ1) is 14.9. The van der Waals surface area contributed by atoms with Crippen LogP contribution in [0.4, 0.5) is 9.18 Å². The van der Waals surface area contributed by atoms with Crippen LogP contribution < -0.4 is 5.73 Å². The van der Waals surface area contributed by atoms with E-state index < -0.39 is 23.8 Å². The zero-order valence-electron chi connectivity index (χ0n) is 16.5. The molecule has 1 fully saturated rings. The number of aromatic amines is 1. The Hall–Kier alpha value is -3.63. The Morgan fingerprint density at radius 1 is 1.13 bits per heavy atom. The van der Waals surface area contributed by atoms with Crippen LogP contribution in [0.5, 0.6) is 0 Å². The van der Waals surface area contributed by atoms with E-state index in [0.29, 0.717) is 22.8 Å². The van der Waals surface area contributed by atoms with Gasteiger partial charge in [-0.05, 0) is 43.3 Å². The molecule has 0 saturated carbocycles. The summed E-state index contributed by atoms with van der Waals surface area (Å²) in [5, 5.41) is 0. The van der Waals surface area contributed by atoms with E-state index in [1.165, 1.54) is 12.1 Å². The first-order valence-electron chi connectivity index (χ1n) is 9.37. The minimum atomic E-state index is -1.19. The van der Waals surface area contributed by atoms with Gasteiger partial charge in [0.1, 0.15) is 11.2 Å². The van der Waals surface area contributed by atoms with Crippen LogP contribution >= 0.6 is 0 Å². The third kappa shape index (κ3) is 4.30. The molecule has 3 N–H and O–H groups in total. The maximum atomic E-state index is 13.4. The van der Waals surface area contributed by atoms with Crippen molar-refractivity contribution in [2.24, 2.45) is 11.1 Å². The number of benzene rings is 1. The number of nitrogens with one attached hydrogen (secondary N) is 1. The number of esters is 1. The molecule has 1 aliphatic rings. The minimum absolute atomic E-state index is 0.0685. The molecule has 2 aromatic heterocycles. The summed E-state index contributed by atoms with van der Waals surface area (Å²) in [7, 11) is 0. The summed E-state index contributed by atoms with van der Waals surface area (Å²) in [5.74, 6) is -0.815. The number of carbonyl (C=O) groups is 2. The Kier molecular flexibility index (Phi) is 5.49. The van der Waals surface area contributed by atoms with Crippen molar-refractivity contribution in [3.05, 3.63) is 60.4 Å². The standard InChI is InChI=1S/C21H19FN4O5/c1-21(19(27)31-20(23)28)10-29-18(30-11-21)17-25-15(12-2-4-14(22)5-3-12)16(26-17)13-6-8-24-9-7-13/h2-9,18H,10-11H2,1H3,(H2,23,28)(H,25,26). The highest BCUT2D eigenvalue weighted by Gasteiger charge is 2.43. The lowest BCUT2D eigenvalue weighted by atomic mass is 9.92. The summed E-state index contributed by atoms with van der Waals surface area (Å²) in [6.45, 7) is 1.41. The molecule has 1 aliphatic heterocycles. The van der Waals surface area contributed by atoms with E-state index >= 15 is 0 Å². The van der Waals surface area contributed by atoms with E-state index in [9.17, 15) is 14.0 Å². The average Bonchev–Trinajstić information content (AvgIpc) is 3.20. The Morgan fingerprint density at radius 2 is 1.77 bits per heavy atom. The molecule has 9 nitrogen and oxygen atoms in total. The summed E-state index contributed by atoms with van der Waals surface area (Å²) in [6, 6.07) is 9.57. The highest BCUT2D eigenvalue weighted by molar-refractivity contribution is 5.87. The van der Waals surface area contributed by atoms with E-state index in [-0.39, 0.29) is 19.0 Å². The third-order valence-corrected chi connectivity index (χ3v) is 4.82. The lowest BCUT2D eigenvalue weighted by Gasteiger charge is -2.34. The first kappa shape index (κ1) is 20.6. The molecule has 0 aliphatic carbocycles. The van der Waals surface area contributed by atoms with E-state index in [1.54, 1.807) is 31.5 Å². The molecule has 3 aromatic rings. The number of amides is 1. The lowest BCUT2D eigenvalue weighted by molar-refractivity contribution is -0.236. The molecule has 31 heavy (non-hydrogen) atoms. The van der Waals surface area contributed by atoms with Crippen LogP contribution in [-0.4, -0.2) is 40.2 Å². The van der Waals surface area contributed by atoms with Crippen LogP contribution in [0.2, 0.25) is 0 Å². The van der Waals surface area contributed by atoms with Gasteiger partial charge in [-0.2, -0.15) is 0 Å². The predicted molar refractivity (Wildman–Crippen MR) is 106 cm³/mol. The molecule has 0 radical (unpaired) electrons. The number of rotatable bonds is 4. The van der Waals surface area contributed by atoms with Crippen molar-refractivity contribution in [3.8, 4) is 22.5 Å². The number of ether oxygens (including phenoxy) is 3. The fraction of sp³-hybridized carbons (Fsp3) is 0.238. The Bertz CT molecular complexity index is 1090. The second kappa shape index (κ2) is 8.25. The molecule has 0 spiro atoms. The van der Waals surface area contributed by atoms with Gasteiger partial charge in [0.2, 0.25) is 6.29 Å². The van der Waals surface area contributed by atoms with Crippen molar-refractivity contribution in [2.75, 3.05) is 13.2 Å². The maximum Gasteiger partial charge on any atom is 0.412 e. The van der Waals surface area contributed by atoms with Crippen LogP contribution in [0.1, 0.15) is 19.0 Å².